The number of aromatic nitrogens is 2. The van der Waals surface area contributed by atoms with Crippen LogP contribution >= 0.6 is 0 Å². The number of ether oxygens (including phenoxy) is 6. The highest BCUT2D eigenvalue weighted by Crippen LogP contribution is 2.31. The van der Waals surface area contributed by atoms with Crippen molar-refractivity contribution in [2.45, 2.75) is 39.1 Å². The molecule has 4 rings (SSSR count). The van der Waals surface area contributed by atoms with Crippen LogP contribution in [0.25, 0.3) is 0 Å². The minimum Gasteiger partial charge on any atom is -0.501 e. The van der Waals surface area contributed by atoms with Crippen LogP contribution in [0.5, 0.6) is 11.5 Å². The zero-order valence-corrected chi connectivity index (χ0v) is 21.8. The molecule has 1 aliphatic carbocycles. The van der Waals surface area contributed by atoms with Crippen LogP contribution in [0.15, 0.2) is 65.4 Å². The third-order valence-electron chi connectivity index (χ3n) is 5.96. The number of allylic oxidation sites excluding steroid dienone is 2. The fraction of sp³-hybridized carbons (Fsp3) is 0.407. The molecule has 0 radical (unpaired) electrons. The second-order valence-electron chi connectivity index (χ2n) is 8.69. The molecule has 2 aliphatic rings. The Morgan fingerprint density at radius 1 is 1.11 bits per heavy atom. The normalized spacial score (nSPS) is 25.2. The molecule has 9 nitrogen and oxygen atoms in total. The molecule has 1 aromatic heterocycles. The van der Waals surface area contributed by atoms with E-state index in [2.05, 4.69) is 15.3 Å². The molecule has 11 heteroatoms. The van der Waals surface area contributed by atoms with Crippen LogP contribution in [0.1, 0.15) is 25.3 Å². The summed E-state index contributed by atoms with van der Waals surface area (Å²) in [6, 6.07) is 5.61. The highest BCUT2D eigenvalue weighted by molar-refractivity contribution is 5.57. The summed E-state index contributed by atoms with van der Waals surface area (Å²) in [6.07, 6.45) is 4.08. The first kappa shape index (κ1) is 27.3. The molecule has 0 bridgehead atoms. The summed E-state index contributed by atoms with van der Waals surface area (Å²) in [5, 5.41) is 3.11. The number of halogens is 2. The summed E-state index contributed by atoms with van der Waals surface area (Å²) in [7, 11) is 2.76. The number of hydrogen-bond donors (Lipinski definition) is 1. The highest BCUT2D eigenvalue weighted by atomic mass is 19.1. The predicted octanol–water partition coefficient (Wildman–Crippen LogP) is 5.42. The average Bonchev–Trinajstić information content (AvgIpc) is 3.33. The summed E-state index contributed by atoms with van der Waals surface area (Å²) in [5.74, 6) is 0.191. The van der Waals surface area contributed by atoms with E-state index in [0.29, 0.717) is 24.9 Å². The second kappa shape index (κ2) is 12.7. The Hall–Kier alpha value is -3.70. The first-order valence-corrected chi connectivity index (χ1v) is 12.1. The van der Waals surface area contributed by atoms with E-state index in [0.717, 1.165) is 17.0 Å². The van der Waals surface area contributed by atoms with E-state index in [-0.39, 0.29) is 48.9 Å². The van der Waals surface area contributed by atoms with Gasteiger partial charge >= 0.3 is 0 Å². The summed E-state index contributed by atoms with van der Waals surface area (Å²) in [5.41, 5.74) is 1.44. The van der Waals surface area contributed by atoms with Gasteiger partial charge in [-0.05, 0) is 43.7 Å². The number of nitrogens with one attached hydrogen (secondary N) is 1. The van der Waals surface area contributed by atoms with Crippen LogP contribution in [0.4, 0.5) is 20.4 Å². The zero-order chi connectivity index (χ0) is 27.1. The maximum absolute atomic E-state index is 14.9. The van der Waals surface area contributed by atoms with E-state index >= 15 is 0 Å². The maximum atomic E-state index is 14.9. The van der Waals surface area contributed by atoms with Gasteiger partial charge in [-0.25, -0.2) is 18.7 Å². The molecule has 0 amide bonds. The molecule has 0 spiro atoms. The zero-order valence-electron chi connectivity index (χ0n) is 21.8. The molecule has 1 fully saturated rings. The fourth-order valence-electron chi connectivity index (χ4n) is 3.88. The fourth-order valence-corrected chi connectivity index (χ4v) is 3.88. The molecule has 2 heterocycles. The molecule has 2 atom stereocenters. The largest absolute Gasteiger partial charge is 0.501 e. The van der Waals surface area contributed by atoms with Crippen molar-refractivity contribution < 1.29 is 37.2 Å². The van der Waals surface area contributed by atoms with Gasteiger partial charge in [-0.1, -0.05) is 0 Å². The number of aryl methyl sites for hydroxylation is 1. The van der Waals surface area contributed by atoms with E-state index < -0.39 is 11.7 Å². The SMILES string of the molecule is CO/C1=C(F)/C(COc2cnc(Nc3ccc(OCC4COC(C)O4)c(C)c3)nc2)=C(/F)C/C(OC)=C\C1. The van der Waals surface area contributed by atoms with Crippen LogP contribution in [-0.4, -0.2) is 56.4 Å². The lowest BCUT2D eigenvalue weighted by Gasteiger charge is -2.16. The molecular formula is C27H31F2N3O6. The Labute approximate surface area is 220 Å². The van der Waals surface area contributed by atoms with Crippen molar-refractivity contribution in [2.75, 3.05) is 39.4 Å². The maximum Gasteiger partial charge on any atom is 0.227 e. The number of anilines is 2. The van der Waals surface area contributed by atoms with E-state index in [1.54, 1.807) is 6.08 Å². The summed E-state index contributed by atoms with van der Waals surface area (Å²) >= 11 is 0. The van der Waals surface area contributed by atoms with Gasteiger partial charge in [-0.3, -0.25) is 0 Å². The Morgan fingerprint density at radius 2 is 1.89 bits per heavy atom. The van der Waals surface area contributed by atoms with Gasteiger partial charge in [-0.15, -0.1) is 0 Å². The summed E-state index contributed by atoms with van der Waals surface area (Å²) < 4.78 is 62.3. The predicted molar refractivity (Wildman–Crippen MR) is 135 cm³/mol. The Bertz CT molecular complexity index is 1220. The van der Waals surface area contributed by atoms with Crippen molar-refractivity contribution in [3.8, 4) is 11.5 Å². The molecule has 0 saturated carbocycles. The van der Waals surface area contributed by atoms with Gasteiger partial charge in [-0.2, -0.15) is 0 Å². The van der Waals surface area contributed by atoms with E-state index in [9.17, 15) is 8.78 Å². The third-order valence-corrected chi connectivity index (χ3v) is 5.96. The van der Waals surface area contributed by atoms with E-state index in [1.807, 2.05) is 32.0 Å². The Balaban J connectivity index is 1.35. The van der Waals surface area contributed by atoms with Gasteiger partial charge in [0.1, 0.15) is 36.7 Å². The molecule has 2 unspecified atom stereocenters. The van der Waals surface area contributed by atoms with Gasteiger partial charge in [0.15, 0.2) is 17.9 Å². The Kier molecular flexibility index (Phi) is 9.14. The summed E-state index contributed by atoms with van der Waals surface area (Å²) in [6.45, 7) is 4.33. The lowest BCUT2D eigenvalue weighted by molar-refractivity contribution is -0.0487. The lowest BCUT2D eigenvalue weighted by atomic mass is 10.1. The first-order valence-electron chi connectivity index (χ1n) is 12.1. The average molecular weight is 532 g/mol. The smallest absolute Gasteiger partial charge is 0.227 e. The number of hydrogen-bond acceptors (Lipinski definition) is 9. The first-order chi connectivity index (χ1) is 18.4. The highest BCUT2D eigenvalue weighted by Gasteiger charge is 2.24. The molecule has 1 saturated heterocycles. The number of rotatable bonds is 10. The Morgan fingerprint density at radius 3 is 2.55 bits per heavy atom. The van der Waals surface area contributed by atoms with Gasteiger partial charge in [0.05, 0.1) is 51.0 Å². The molecule has 1 N–H and O–H groups in total. The number of benzene rings is 1. The van der Waals surface area contributed by atoms with E-state index in [1.165, 1.54) is 26.6 Å². The van der Waals surface area contributed by atoms with Crippen LogP contribution in [-0.2, 0) is 18.9 Å². The molecule has 1 aromatic carbocycles. The van der Waals surface area contributed by atoms with Gasteiger partial charge in [0, 0.05) is 12.1 Å². The van der Waals surface area contributed by atoms with Crippen molar-refractivity contribution in [2.24, 2.45) is 0 Å². The quantitative estimate of drug-likeness (QED) is 0.431. The van der Waals surface area contributed by atoms with Crippen molar-refractivity contribution in [3.63, 3.8) is 0 Å². The van der Waals surface area contributed by atoms with Crippen molar-refractivity contribution in [1.82, 2.24) is 9.97 Å². The second-order valence-corrected chi connectivity index (χ2v) is 8.69. The third kappa shape index (κ3) is 6.99. The van der Waals surface area contributed by atoms with Crippen LogP contribution < -0.4 is 14.8 Å². The molecule has 204 valence electrons. The monoisotopic (exact) mass is 531 g/mol. The standard InChI is InChI=1S/C27H31F2N3O6/c1-16-9-18(5-7-24(16)37-14-21-13-35-17(2)38-21)32-27-30-11-20(12-31-27)36-15-22-23(28)10-19(33-3)6-8-25(34-4)26(22)29/h5-7,9,11-12,17,21H,8,10,13-15H2,1-4H3,(H,30,31,32)/b19-6+,23-22+,26-25-. The topological polar surface area (TPSA) is 93.2 Å². The van der Waals surface area contributed by atoms with Crippen LogP contribution in [0, 0.1) is 6.92 Å². The molecule has 2 aromatic rings. The van der Waals surface area contributed by atoms with Gasteiger partial charge in [0.2, 0.25) is 5.95 Å². The molecular weight excluding hydrogens is 500 g/mol. The van der Waals surface area contributed by atoms with Gasteiger partial charge in [0.25, 0.3) is 0 Å². The van der Waals surface area contributed by atoms with Crippen molar-refractivity contribution >= 4 is 11.6 Å². The van der Waals surface area contributed by atoms with Crippen molar-refractivity contribution in [1.29, 1.82) is 0 Å². The number of nitrogens with zero attached hydrogens (tertiary/aromatic N) is 2. The van der Waals surface area contributed by atoms with Crippen molar-refractivity contribution in [3.05, 3.63) is 71.0 Å². The van der Waals surface area contributed by atoms with Crippen LogP contribution in [0.2, 0.25) is 0 Å². The molecule has 38 heavy (non-hydrogen) atoms. The van der Waals surface area contributed by atoms with Crippen LogP contribution in [0.3, 0.4) is 0 Å². The summed E-state index contributed by atoms with van der Waals surface area (Å²) in [4.78, 5) is 8.47. The molecule has 1 aliphatic heterocycles. The number of methoxy groups -OCH3 is 2. The minimum atomic E-state index is -0.794. The minimum absolute atomic E-state index is 0.00834. The van der Waals surface area contributed by atoms with Gasteiger partial charge < -0.3 is 33.7 Å². The lowest BCUT2D eigenvalue weighted by Crippen LogP contribution is -2.20. The van der Waals surface area contributed by atoms with E-state index in [4.69, 9.17) is 28.4 Å².